The Kier molecular flexibility index (Phi) is 4.57. The molecular formula is C18H17NO4. The Bertz CT molecular complexity index is 712. The van der Waals surface area contributed by atoms with E-state index in [4.69, 9.17) is 9.47 Å². The summed E-state index contributed by atoms with van der Waals surface area (Å²) in [6.07, 6.45) is 0.175. The van der Waals surface area contributed by atoms with E-state index in [1.807, 2.05) is 42.5 Å². The highest BCUT2D eigenvalue weighted by Gasteiger charge is 2.23. The maximum Gasteiger partial charge on any atom is 0.407 e. The fourth-order valence-electron chi connectivity index (χ4n) is 2.52. The summed E-state index contributed by atoms with van der Waals surface area (Å²) >= 11 is 0. The molecule has 0 aromatic heterocycles. The lowest BCUT2D eigenvalue weighted by atomic mass is 10.0. The Hall–Kier alpha value is -2.82. The zero-order valence-corrected chi connectivity index (χ0v) is 12.6. The highest BCUT2D eigenvalue weighted by atomic mass is 16.5. The summed E-state index contributed by atoms with van der Waals surface area (Å²) in [7, 11) is 0. The number of esters is 1. The second-order valence-corrected chi connectivity index (χ2v) is 5.26. The van der Waals surface area contributed by atoms with Crippen LogP contribution in [0.4, 0.5) is 4.79 Å². The van der Waals surface area contributed by atoms with Gasteiger partial charge in [-0.25, -0.2) is 9.59 Å². The van der Waals surface area contributed by atoms with Crippen molar-refractivity contribution in [1.82, 2.24) is 5.32 Å². The summed E-state index contributed by atoms with van der Waals surface area (Å²) in [6.45, 7) is 0.997. The minimum Gasteiger partial charge on any atom is -0.457 e. The first-order valence-electron chi connectivity index (χ1n) is 7.46. The zero-order valence-electron chi connectivity index (χ0n) is 12.6. The van der Waals surface area contributed by atoms with Crippen LogP contribution in [0.3, 0.4) is 0 Å². The summed E-state index contributed by atoms with van der Waals surface area (Å²) < 4.78 is 10.2. The van der Waals surface area contributed by atoms with Crippen LogP contribution in [0, 0.1) is 0 Å². The third-order valence-electron chi connectivity index (χ3n) is 3.72. The largest absolute Gasteiger partial charge is 0.457 e. The van der Waals surface area contributed by atoms with Crippen LogP contribution in [0.15, 0.2) is 48.5 Å². The summed E-state index contributed by atoms with van der Waals surface area (Å²) in [5.41, 5.74) is 3.49. The molecule has 0 spiro atoms. The molecular weight excluding hydrogens is 294 g/mol. The number of amides is 1. The number of hydrogen-bond donors (Lipinski definition) is 1. The number of ether oxygens (including phenoxy) is 2. The topological polar surface area (TPSA) is 64.6 Å². The maximum atomic E-state index is 11.7. The molecule has 118 valence electrons. The number of rotatable bonds is 5. The summed E-state index contributed by atoms with van der Waals surface area (Å²) in [5, 5.41) is 2.72. The van der Waals surface area contributed by atoms with Crippen molar-refractivity contribution < 1.29 is 19.1 Å². The molecule has 0 aliphatic carbocycles. The van der Waals surface area contributed by atoms with Gasteiger partial charge in [0, 0.05) is 12.1 Å². The average molecular weight is 311 g/mol. The smallest absolute Gasteiger partial charge is 0.407 e. The maximum absolute atomic E-state index is 11.7. The van der Waals surface area contributed by atoms with Crippen molar-refractivity contribution in [3.8, 4) is 0 Å². The fraction of sp³-hybridized carbons (Fsp3) is 0.222. The Labute approximate surface area is 134 Å². The van der Waals surface area contributed by atoms with Crippen LogP contribution in [0.25, 0.3) is 0 Å². The molecule has 1 amide bonds. The summed E-state index contributed by atoms with van der Waals surface area (Å²) in [5.74, 6) is -0.280. The predicted molar refractivity (Wildman–Crippen MR) is 83.9 cm³/mol. The molecule has 3 rings (SSSR count). The molecule has 2 aromatic carbocycles. The first kappa shape index (κ1) is 15.1. The molecule has 5 nitrogen and oxygen atoms in total. The van der Waals surface area contributed by atoms with E-state index < -0.39 is 6.09 Å². The quantitative estimate of drug-likeness (QED) is 0.862. The van der Waals surface area contributed by atoms with Crippen LogP contribution in [0.1, 0.15) is 27.0 Å². The van der Waals surface area contributed by atoms with Gasteiger partial charge in [0.25, 0.3) is 0 Å². The molecule has 0 radical (unpaired) electrons. The number of carbonyl (C=O) groups excluding carboxylic acids is 2. The Balaban J connectivity index is 1.47. The van der Waals surface area contributed by atoms with Gasteiger partial charge in [-0.15, -0.1) is 0 Å². The summed E-state index contributed by atoms with van der Waals surface area (Å²) in [6, 6.07) is 15.0. The van der Waals surface area contributed by atoms with Crippen LogP contribution in [0.5, 0.6) is 0 Å². The molecule has 0 atom stereocenters. The van der Waals surface area contributed by atoms with Gasteiger partial charge in [-0.05, 0) is 23.6 Å². The lowest BCUT2D eigenvalue weighted by Gasteiger charge is -2.09. The molecule has 1 aliphatic rings. The number of hydrogen-bond acceptors (Lipinski definition) is 4. The van der Waals surface area contributed by atoms with Gasteiger partial charge in [-0.1, -0.05) is 42.5 Å². The molecule has 1 N–H and O–H groups in total. The van der Waals surface area contributed by atoms with Crippen molar-refractivity contribution in [2.75, 3.05) is 6.54 Å². The van der Waals surface area contributed by atoms with Crippen LogP contribution >= 0.6 is 0 Å². The van der Waals surface area contributed by atoms with Crippen molar-refractivity contribution in [2.24, 2.45) is 0 Å². The van der Waals surface area contributed by atoms with Crippen molar-refractivity contribution in [2.45, 2.75) is 19.6 Å². The predicted octanol–water partition coefficient (Wildman–Crippen LogP) is 2.83. The van der Waals surface area contributed by atoms with Crippen molar-refractivity contribution in [3.63, 3.8) is 0 Å². The van der Waals surface area contributed by atoms with Gasteiger partial charge in [0.05, 0.1) is 5.56 Å². The standard InChI is InChI=1S/C18H17NO4/c20-17-15-8-4-7-14(16(15)12-22-17)9-10-19-18(21)23-11-13-5-2-1-3-6-13/h1-8H,9-12H2,(H,19,21). The molecule has 0 unspecified atom stereocenters. The number of alkyl carbamates (subject to hydrolysis) is 1. The van der Waals surface area contributed by atoms with Crippen LogP contribution in [-0.4, -0.2) is 18.6 Å². The Morgan fingerprint density at radius 1 is 1.13 bits per heavy atom. The third kappa shape index (κ3) is 3.69. The molecule has 1 aliphatic heterocycles. The fourth-order valence-corrected chi connectivity index (χ4v) is 2.52. The average Bonchev–Trinajstić information content (AvgIpc) is 2.96. The van der Waals surface area contributed by atoms with Crippen molar-refractivity contribution in [3.05, 3.63) is 70.8 Å². The first-order valence-corrected chi connectivity index (χ1v) is 7.46. The lowest BCUT2D eigenvalue weighted by Crippen LogP contribution is -2.26. The third-order valence-corrected chi connectivity index (χ3v) is 3.72. The van der Waals surface area contributed by atoms with Crippen LogP contribution in [-0.2, 0) is 29.1 Å². The number of fused-ring (bicyclic) bond motifs is 1. The number of nitrogens with one attached hydrogen (secondary N) is 1. The van der Waals surface area contributed by atoms with Gasteiger partial charge in [-0.2, -0.15) is 0 Å². The van der Waals surface area contributed by atoms with E-state index in [9.17, 15) is 9.59 Å². The monoisotopic (exact) mass is 311 g/mol. The lowest BCUT2D eigenvalue weighted by molar-refractivity contribution is 0.0534. The van der Waals surface area contributed by atoms with Crippen LogP contribution < -0.4 is 5.32 Å². The van der Waals surface area contributed by atoms with Gasteiger partial charge in [0.2, 0.25) is 0 Å². The first-order chi connectivity index (χ1) is 11.2. The summed E-state index contributed by atoms with van der Waals surface area (Å²) in [4.78, 5) is 23.2. The molecule has 5 heteroatoms. The Morgan fingerprint density at radius 2 is 1.96 bits per heavy atom. The molecule has 0 bridgehead atoms. The second-order valence-electron chi connectivity index (χ2n) is 5.26. The van der Waals surface area contributed by atoms with Gasteiger partial charge < -0.3 is 14.8 Å². The van der Waals surface area contributed by atoms with Gasteiger partial charge >= 0.3 is 12.1 Å². The number of carbonyl (C=O) groups is 2. The minimum absolute atomic E-state index is 0.246. The van der Waals surface area contributed by atoms with E-state index >= 15 is 0 Å². The van der Waals surface area contributed by atoms with Crippen molar-refractivity contribution in [1.29, 1.82) is 0 Å². The van der Waals surface area contributed by atoms with E-state index in [0.717, 1.165) is 16.7 Å². The number of benzene rings is 2. The minimum atomic E-state index is -0.450. The van der Waals surface area contributed by atoms with Crippen molar-refractivity contribution >= 4 is 12.1 Å². The molecule has 0 saturated heterocycles. The van der Waals surface area contributed by atoms with E-state index in [2.05, 4.69) is 5.32 Å². The molecule has 2 aromatic rings. The van der Waals surface area contributed by atoms with Gasteiger partial charge in [-0.3, -0.25) is 0 Å². The highest BCUT2D eigenvalue weighted by Crippen LogP contribution is 2.23. The van der Waals surface area contributed by atoms with Gasteiger partial charge in [0.1, 0.15) is 13.2 Å². The Morgan fingerprint density at radius 3 is 2.78 bits per heavy atom. The normalized spacial score (nSPS) is 12.4. The zero-order chi connectivity index (χ0) is 16.1. The van der Waals surface area contributed by atoms with E-state index in [1.54, 1.807) is 6.07 Å². The molecule has 23 heavy (non-hydrogen) atoms. The highest BCUT2D eigenvalue weighted by molar-refractivity contribution is 5.93. The van der Waals surface area contributed by atoms with Crippen LogP contribution in [0.2, 0.25) is 0 Å². The van der Waals surface area contributed by atoms with E-state index in [0.29, 0.717) is 25.1 Å². The molecule has 0 fully saturated rings. The molecule has 0 saturated carbocycles. The molecule has 1 heterocycles. The second kappa shape index (κ2) is 6.96. The van der Waals surface area contributed by atoms with E-state index in [-0.39, 0.29) is 12.6 Å². The number of cyclic esters (lactones) is 1. The van der Waals surface area contributed by atoms with Gasteiger partial charge in [0.15, 0.2) is 0 Å². The SMILES string of the molecule is O=C(NCCc1cccc2c1COC2=O)OCc1ccccc1. The van der Waals surface area contributed by atoms with E-state index in [1.165, 1.54) is 0 Å².